The Morgan fingerprint density at radius 3 is 2.64 bits per heavy atom. The molecule has 1 aromatic carbocycles. The van der Waals surface area contributed by atoms with Gasteiger partial charge in [-0.1, -0.05) is 18.2 Å². The van der Waals surface area contributed by atoms with Crippen LogP contribution >= 0.6 is 11.3 Å². The number of H-pyrrole nitrogens is 1. The molecule has 5 heterocycles. The molecule has 0 saturated carbocycles. The topological polar surface area (TPSA) is 84.4 Å². The van der Waals surface area contributed by atoms with E-state index in [2.05, 4.69) is 26.0 Å². The molecular weight excluding hydrogens is 430 g/mol. The first-order valence-corrected chi connectivity index (χ1v) is 11.2. The molecule has 0 aliphatic rings. The summed E-state index contributed by atoms with van der Waals surface area (Å²) in [5.41, 5.74) is 5.12. The van der Waals surface area contributed by atoms with E-state index in [4.69, 9.17) is 4.98 Å². The van der Waals surface area contributed by atoms with Crippen molar-refractivity contribution in [3.05, 3.63) is 94.6 Å². The lowest BCUT2D eigenvalue weighted by atomic mass is 9.99. The average Bonchev–Trinajstić information content (AvgIpc) is 3.30. The Morgan fingerprint density at radius 2 is 1.82 bits per heavy atom. The molecule has 0 bridgehead atoms. The molecule has 33 heavy (non-hydrogen) atoms. The Labute approximate surface area is 192 Å². The molecule has 7 heteroatoms. The fourth-order valence-electron chi connectivity index (χ4n) is 3.98. The molecule has 0 fully saturated rings. The zero-order valence-corrected chi connectivity index (χ0v) is 18.4. The highest BCUT2D eigenvalue weighted by Crippen LogP contribution is 2.36. The molecule has 6 aromatic rings. The molecule has 0 unspecified atom stereocenters. The predicted molar refractivity (Wildman–Crippen MR) is 132 cm³/mol. The zero-order chi connectivity index (χ0) is 22.4. The van der Waals surface area contributed by atoms with Gasteiger partial charge in [0.2, 0.25) is 0 Å². The third-order valence-corrected chi connectivity index (χ3v) is 6.49. The Kier molecular flexibility index (Phi) is 4.55. The van der Waals surface area contributed by atoms with Gasteiger partial charge in [-0.15, -0.1) is 11.3 Å². The highest BCUT2D eigenvalue weighted by atomic mass is 32.1. The molecule has 6 rings (SSSR count). The highest BCUT2D eigenvalue weighted by molar-refractivity contribution is 7.15. The second kappa shape index (κ2) is 7.72. The number of hydrogen-bond acceptors (Lipinski definition) is 6. The number of fused-ring (bicyclic) bond motifs is 2. The van der Waals surface area contributed by atoms with Crippen molar-refractivity contribution in [3.8, 4) is 33.0 Å². The monoisotopic (exact) mass is 447 g/mol. The maximum Gasteiger partial charge on any atom is 0.200 e. The molecule has 0 aliphatic heterocycles. The summed E-state index contributed by atoms with van der Waals surface area (Å²) in [5.74, 6) is 0. The Bertz CT molecular complexity index is 1710. The standard InChI is InChI=1S/C26H17N5OS/c1-15-29-14-23(33-15)24-18(16-7-8-21-17(11-16)5-4-10-27-21)12-19-25(32)20(13-30-26(19)31-24)22-6-2-3-9-28-22/h2-14H,1H3,(H,30,31,32). The lowest BCUT2D eigenvalue weighted by Crippen LogP contribution is -2.09. The largest absolute Gasteiger partial charge is 0.345 e. The van der Waals surface area contributed by atoms with Crippen LogP contribution in [0.15, 0.2) is 84.2 Å². The van der Waals surface area contributed by atoms with E-state index in [1.54, 1.807) is 29.9 Å². The van der Waals surface area contributed by atoms with Gasteiger partial charge in [0.05, 0.1) is 37.7 Å². The van der Waals surface area contributed by atoms with Gasteiger partial charge in [-0.05, 0) is 48.9 Å². The van der Waals surface area contributed by atoms with Gasteiger partial charge < -0.3 is 4.98 Å². The lowest BCUT2D eigenvalue weighted by Gasteiger charge is -2.11. The van der Waals surface area contributed by atoms with Crippen molar-refractivity contribution in [1.82, 2.24) is 24.9 Å². The van der Waals surface area contributed by atoms with Crippen molar-refractivity contribution < 1.29 is 0 Å². The van der Waals surface area contributed by atoms with Crippen LogP contribution in [0.2, 0.25) is 0 Å². The number of aromatic amines is 1. The molecule has 6 nitrogen and oxygen atoms in total. The van der Waals surface area contributed by atoms with Crippen LogP contribution in [0.3, 0.4) is 0 Å². The van der Waals surface area contributed by atoms with Crippen LogP contribution in [0.25, 0.3) is 54.9 Å². The summed E-state index contributed by atoms with van der Waals surface area (Å²) in [5, 5.41) is 2.50. The van der Waals surface area contributed by atoms with E-state index in [-0.39, 0.29) is 5.43 Å². The average molecular weight is 448 g/mol. The van der Waals surface area contributed by atoms with Crippen molar-refractivity contribution in [2.45, 2.75) is 6.92 Å². The van der Waals surface area contributed by atoms with Gasteiger partial charge >= 0.3 is 0 Å². The Morgan fingerprint density at radius 1 is 0.909 bits per heavy atom. The van der Waals surface area contributed by atoms with E-state index in [0.717, 1.165) is 37.6 Å². The molecular formula is C26H17N5OS. The van der Waals surface area contributed by atoms with Crippen LogP contribution in [-0.2, 0) is 0 Å². The molecule has 0 radical (unpaired) electrons. The minimum Gasteiger partial charge on any atom is -0.345 e. The fourth-order valence-corrected chi connectivity index (χ4v) is 4.76. The van der Waals surface area contributed by atoms with E-state index >= 15 is 0 Å². The molecule has 0 amide bonds. The van der Waals surface area contributed by atoms with Gasteiger partial charge in [0, 0.05) is 35.7 Å². The van der Waals surface area contributed by atoms with Crippen LogP contribution in [0, 0.1) is 6.92 Å². The number of hydrogen-bond donors (Lipinski definition) is 1. The number of aromatic nitrogens is 5. The maximum absolute atomic E-state index is 13.5. The van der Waals surface area contributed by atoms with E-state index in [0.29, 0.717) is 22.3 Å². The molecule has 0 atom stereocenters. The van der Waals surface area contributed by atoms with Gasteiger partial charge in [0.1, 0.15) is 5.65 Å². The fraction of sp³-hybridized carbons (Fsp3) is 0.0385. The second-order valence-corrected chi connectivity index (χ2v) is 8.92. The number of benzene rings is 1. The van der Waals surface area contributed by atoms with E-state index < -0.39 is 0 Å². The van der Waals surface area contributed by atoms with Crippen molar-refractivity contribution in [1.29, 1.82) is 0 Å². The number of pyridine rings is 4. The molecule has 1 N–H and O–H groups in total. The summed E-state index contributed by atoms with van der Waals surface area (Å²) in [6, 6.07) is 17.5. The first-order chi connectivity index (χ1) is 16.2. The minimum absolute atomic E-state index is 0.106. The number of nitrogens with zero attached hydrogens (tertiary/aromatic N) is 4. The summed E-state index contributed by atoms with van der Waals surface area (Å²) in [7, 11) is 0. The van der Waals surface area contributed by atoms with Gasteiger partial charge in [-0.2, -0.15) is 0 Å². The van der Waals surface area contributed by atoms with E-state index in [9.17, 15) is 4.79 Å². The molecule has 0 spiro atoms. The lowest BCUT2D eigenvalue weighted by molar-refractivity contribution is 1.25. The number of nitrogens with one attached hydrogen (secondary N) is 1. The van der Waals surface area contributed by atoms with Crippen LogP contribution < -0.4 is 5.43 Å². The van der Waals surface area contributed by atoms with Crippen molar-refractivity contribution in [2.24, 2.45) is 0 Å². The summed E-state index contributed by atoms with van der Waals surface area (Å²) in [6.07, 6.45) is 6.98. The summed E-state index contributed by atoms with van der Waals surface area (Å²) >= 11 is 1.58. The first kappa shape index (κ1) is 19.5. The summed E-state index contributed by atoms with van der Waals surface area (Å²) in [6.45, 7) is 1.97. The second-order valence-electron chi connectivity index (χ2n) is 7.68. The van der Waals surface area contributed by atoms with Gasteiger partial charge in [-0.3, -0.25) is 14.8 Å². The smallest absolute Gasteiger partial charge is 0.200 e. The molecule has 0 saturated heterocycles. The molecule has 5 aromatic heterocycles. The van der Waals surface area contributed by atoms with Gasteiger partial charge in [-0.25, -0.2) is 9.97 Å². The van der Waals surface area contributed by atoms with Crippen LogP contribution in [0.5, 0.6) is 0 Å². The van der Waals surface area contributed by atoms with Crippen LogP contribution in [0.1, 0.15) is 5.01 Å². The van der Waals surface area contributed by atoms with E-state index in [1.807, 2.05) is 61.7 Å². The van der Waals surface area contributed by atoms with Crippen molar-refractivity contribution >= 4 is 33.3 Å². The van der Waals surface area contributed by atoms with Crippen molar-refractivity contribution in [2.75, 3.05) is 0 Å². The Hall–Kier alpha value is -4.23. The normalized spacial score (nSPS) is 11.3. The third kappa shape index (κ3) is 3.39. The molecule has 158 valence electrons. The SMILES string of the molecule is Cc1ncc(-c2nc3[nH]cc(-c4ccccn4)c(=O)c3cc2-c2ccc3ncccc3c2)s1. The van der Waals surface area contributed by atoms with Crippen LogP contribution in [0.4, 0.5) is 0 Å². The van der Waals surface area contributed by atoms with Gasteiger partial charge in [0.15, 0.2) is 5.43 Å². The van der Waals surface area contributed by atoms with Crippen molar-refractivity contribution in [3.63, 3.8) is 0 Å². The number of aryl methyl sites for hydroxylation is 1. The summed E-state index contributed by atoms with van der Waals surface area (Å²) < 4.78 is 0. The highest BCUT2D eigenvalue weighted by Gasteiger charge is 2.17. The maximum atomic E-state index is 13.5. The zero-order valence-electron chi connectivity index (χ0n) is 17.6. The Balaban J connectivity index is 1.65. The molecule has 0 aliphatic carbocycles. The minimum atomic E-state index is -0.106. The van der Waals surface area contributed by atoms with Gasteiger partial charge in [0.25, 0.3) is 0 Å². The number of thiazole rings is 1. The van der Waals surface area contributed by atoms with E-state index in [1.165, 1.54) is 0 Å². The van der Waals surface area contributed by atoms with Crippen LogP contribution in [-0.4, -0.2) is 24.9 Å². The summed E-state index contributed by atoms with van der Waals surface area (Å²) in [4.78, 5) is 35.7. The quantitative estimate of drug-likeness (QED) is 0.380. The third-order valence-electron chi connectivity index (χ3n) is 5.57. The number of rotatable bonds is 3. The first-order valence-electron chi connectivity index (χ1n) is 10.4. The predicted octanol–water partition coefficient (Wildman–Crippen LogP) is 5.63.